The summed E-state index contributed by atoms with van der Waals surface area (Å²) in [6.07, 6.45) is 1.75. The van der Waals surface area contributed by atoms with Gasteiger partial charge in [-0.25, -0.2) is 8.78 Å². The van der Waals surface area contributed by atoms with Gasteiger partial charge < -0.3 is 20.3 Å². The number of aliphatic hydroxyl groups is 1. The van der Waals surface area contributed by atoms with Crippen molar-refractivity contribution in [2.24, 2.45) is 7.05 Å². The molecule has 1 heterocycles. The number of carbonyl (C=O) groups excluding carboxylic acids is 1. The second-order valence-electron chi connectivity index (χ2n) is 9.10. The first-order chi connectivity index (χ1) is 17.3. The van der Waals surface area contributed by atoms with Gasteiger partial charge >= 0.3 is 0 Å². The zero-order valence-electron chi connectivity index (χ0n) is 20.5. The lowest BCUT2D eigenvalue weighted by Crippen LogP contribution is -2.48. The quantitative estimate of drug-likeness (QED) is 0.306. The van der Waals surface area contributed by atoms with Gasteiger partial charge in [0.05, 0.1) is 17.7 Å². The molecule has 4 rings (SSSR count). The second-order valence-corrected chi connectivity index (χ2v) is 9.10. The predicted molar refractivity (Wildman–Crippen MR) is 138 cm³/mol. The van der Waals surface area contributed by atoms with Crippen LogP contribution in [-0.2, 0) is 26.4 Å². The van der Waals surface area contributed by atoms with E-state index in [2.05, 4.69) is 29.7 Å². The first kappa shape index (κ1) is 25.5. The van der Waals surface area contributed by atoms with Crippen molar-refractivity contribution < 1.29 is 18.7 Å². The lowest BCUT2D eigenvalue weighted by Gasteiger charge is -2.25. The lowest BCUT2D eigenvalue weighted by atomic mass is 10.00. The molecule has 0 saturated carbocycles. The topological polar surface area (TPSA) is 66.3 Å². The fourth-order valence-electron chi connectivity index (χ4n) is 4.50. The molecule has 0 aliphatic heterocycles. The predicted octanol–water partition coefficient (Wildman–Crippen LogP) is 4.51. The van der Waals surface area contributed by atoms with Crippen LogP contribution in [0.15, 0.2) is 72.9 Å². The van der Waals surface area contributed by atoms with E-state index in [1.165, 1.54) is 17.7 Å². The van der Waals surface area contributed by atoms with Crippen LogP contribution in [0.25, 0.3) is 10.9 Å². The molecule has 4 aromatic rings. The number of aryl methyl sites for hydroxylation is 2. The molecule has 0 spiro atoms. The van der Waals surface area contributed by atoms with Crippen LogP contribution in [0.3, 0.4) is 0 Å². The van der Waals surface area contributed by atoms with Gasteiger partial charge in [0.1, 0.15) is 11.6 Å². The summed E-state index contributed by atoms with van der Waals surface area (Å²) in [5.74, 6) is -1.76. The summed E-state index contributed by atoms with van der Waals surface area (Å²) < 4.78 is 29.5. The van der Waals surface area contributed by atoms with Crippen molar-refractivity contribution >= 4 is 16.8 Å². The number of rotatable bonds is 10. The minimum Gasteiger partial charge on any atom is -0.390 e. The Balaban J connectivity index is 1.51. The second kappa shape index (κ2) is 11.5. The number of fused-ring (bicyclic) bond motifs is 1. The maximum atomic E-state index is 13.8. The Morgan fingerprint density at radius 3 is 2.44 bits per heavy atom. The van der Waals surface area contributed by atoms with Crippen molar-refractivity contribution in [3.05, 3.63) is 107 Å². The fourth-order valence-corrected chi connectivity index (χ4v) is 4.50. The van der Waals surface area contributed by atoms with Crippen LogP contribution >= 0.6 is 0 Å². The lowest BCUT2D eigenvalue weighted by molar-refractivity contribution is 0.0831. The fraction of sp³-hybridized carbons (Fsp3) is 0.276. The summed E-state index contributed by atoms with van der Waals surface area (Å²) in [5.41, 5.74) is 4.04. The van der Waals surface area contributed by atoms with E-state index >= 15 is 0 Å². The molecule has 36 heavy (non-hydrogen) atoms. The molecule has 0 radical (unpaired) electrons. The normalized spacial score (nSPS) is 13.0. The Bertz CT molecular complexity index is 1330. The molecule has 0 aliphatic rings. The zero-order valence-corrected chi connectivity index (χ0v) is 20.5. The monoisotopic (exact) mass is 491 g/mol. The number of hydrogen-bond donors (Lipinski definition) is 3. The van der Waals surface area contributed by atoms with Crippen LogP contribution < -0.4 is 10.6 Å². The van der Waals surface area contributed by atoms with E-state index in [1.54, 1.807) is 6.20 Å². The number of para-hydroxylation sites is 1. The third-order valence-corrected chi connectivity index (χ3v) is 6.38. The minimum atomic E-state index is -0.996. The van der Waals surface area contributed by atoms with E-state index in [-0.39, 0.29) is 18.9 Å². The molecule has 0 fully saturated rings. The number of aliphatic hydroxyl groups excluding tert-OH is 1. The maximum Gasteiger partial charge on any atom is 0.253 e. The van der Waals surface area contributed by atoms with Gasteiger partial charge in [-0.15, -0.1) is 0 Å². The average Bonchev–Trinajstić information content (AvgIpc) is 3.20. The highest BCUT2D eigenvalue weighted by atomic mass is 19.1. The van der Waals surface area contributed by atoms with Crippen molar-refractivity contribution in [1.82, 2.24) is 15.2 Å². The van der Waals surface area contributed by atoms with Gasteiger partial charge in [-0.05, 0) is 47.7 Å². The SMILES string of the molecule is CCc1cccc(CNC[C@@H](O)[C@H](Cc2cc(F)cc(F)c2)NC(=O)c2cn(C)c3ccccc23)c1. The summed E-state index contributed by atoms with van der Waals surface area (Å²) in [7, 11) is 1.86. The number of nitrogens with one attached hydrogen (secondary N) is 2. The average molecular weight is 492 g/mol. The molecule has 0 bridgehead atoms. The Morgan fingerprint density at radius 1 is 0.972 bits per heavy atom. The molecule has 0 unspecified atom stereocenters. The molecule has 0 saturated heterocycles. The Morgan fingerprint density at radius 2 is 1.69 bits per heavy atom. The van der Waals surface area contributed by atoms with E-state index in [0.717, 1.165) is 29.0 Å². The summed E-state index contributed by atoms with van der Waals surface area (Å²) in [6.45, 7) is 2.83. The third kappa shape index (κ3) is 6.17. The van der Waals surface area contributed by atoms with Gasteiger partial charge in [0, 0.05) is 43.3 Å². The Hall–Kier alpha value is -3.55. The van der Waals surface area contributed by atoms with Crippen LogP contribution in [0.1, 0.15) is 34.0 Å². The van der Waals surface area contributed by atoms with Crippen LogP contribution in [0.4, 0.5) is 8.78 Å². The van der Waals surface area contributed by atoms with Gasteiger partial charge in [-0.3, -0.25) is 4.79 Å². The molecule has 2 atom stereocenters. The Labute approximate surface area is 209 Å². The molecule has 1 amide bonds. The van der Waals surface area contributed by atoms with E-state index in [9.17, 15) is 18.7 Å². The molecule has 1 aromatic heterocycles. The van der Waals surface area contributed by atoms with E-state index in [0.29, 0.717) is 17.7 Å². The highest BCUT2D eigenvalue weighted by Gasteiger charge is 2.24. The summed E-state index contributed by atoms with van der Waals surface area (Å²) in [6, 6.07) is 18.2. The van der Waals surface area contributed by atoms with Crippen molar-refractivity contribution in [2.45, 2.75) is 38.5 Å². The number of carbonyl (C=O) groups is 1. The third-order valence-electron chi connectivity index (χ3n) is 6.38. The van der Waals surface area contributed by atoms with E-state index in [1.807, 2.05) is 48.0 Å². The van der Waals surface area contributed by atoms with E-state index in [4.69, 9.17) is 0 Å². The van der Waals surface area contributed by atoms with Gasteiger partial charge in [-0.2, -0.15) is 0 Å². The van der Waals surface area contributed by atoms with Crippen LogP contribution in [0, 0.1) is 11.6 Å². The molecule has 0 aliphatic carbocycles. The summed E-state index contributed by atoms with van der Waals surface area (Å²) >= 11 is 0. The van der Waals surface area contributed by atoms with Crippen LogP contribution in [0.5, 0.6) is 0 Å². The number of hydrogen-bond acceptors (Lipinski definition) is 3. The van der Waals surface area contributed by atoms with Crippen LogP contribution in [-0.4, -0.2) is 34.3 Å². The standard InChI is InChI=1S/C29H31F2N3O2/c1-3-19-7-6-8-20(11-19)16-32-17-28(35)26(14-21-12-22(30)15-23(31)13-21)33-29(36)25-18-34(2)27-10-5-4-9-24(25)27/h4-13,15,18,26,28,32,35H,3,14,16-17H2,1-2H3,(H,33,36)/t26-,28+/m0/s1. The van der Waals surface area contributed by atoms with Crippen molar-refractivity contribution in [1.29, 1.82) is 0 Å². The van der Waals surface area contributed by atoms with Gasteiger partial charge in [0.2, 0.25) is 0 Å². The molecule has 3 N–H and O–H groups in total. The molecular formula is C29H31F2N3O2. The number of aromatic nitrogens is 1. The molecular weight excluding hydrogens is 460 g/mol. The van der Waals surface area contributed by atoms with Crippen molar-refractivity contribution in [3.63, 3.8) is 0 Å². The smallest absolute Gasteiger partial charge is 0.253 e. The first-order valence-corrected chi connectivity index (χ1v) is 12.1. The van der Waals surface area contributed by atoms with E-state index < -0.39 is 23.8 Å². The Kier molecular flexibility index (Phi) is 8.13. The molecule has 3 aromatic carbocycles. The van der Waals surface area contributed by atoms with Gasteiger partial charge in [0.15, 0.2) is 0 Å². The highest BCUT2D eigenvalue weighted by molar-refractivity contribution is 6.07. The maximum absolute atomic E-state index is 13.8. The van der Waals surface area contributed by atoms with Crippen LogP contribution in [0.2, 0.25) is 0 Å². The van der Waals surface area contributed by atoms with Gasteiger partial charge in [-0.1, -0.05) is 49.4 Å². The summed E-state index contributed by atoms with van der Waals surface area (Å²) in [5, 5.41) is 18.0. The number of benzene rings is 3. The molecule has 5 nitrogen and oxygen atoms in total. The largest absolute Gasteiger partial charge is 0.390 e. The molecule has 7 heteroatoms. The van der Waals surface area contributed by atoms with Crippen molar-refractivity contribution in [3.8, 4) is 0 Å². The highest BCUT2D eigenvalue weighted by Crippen LogP contribution is 2.21. The first-order valence-electron chi connectivity index (χ1n) is 12.1. The number of nitrogens with zero attached hydrogens (tertiary/aromatic N) is 1. The van der Waals surface area contributed by atoms with Gasteiger partial charge in [0.25, 0.3) is 5.91 Å². The minimum absolute atomic E-state index is 0.0688. The summed E-state index contributed by atoms with van der Waals surface area (Å²) in [4.78, 5) is 13.3. The number of halogens is 2. The van der Waals surface area contributed by atoms with Crippen molar-refractivity contribution in [2.75, 3.05) is 6.54 Å². The number of amides is 1. The molecule has 188 valence electrons. The zero-order chi connectivity index (χ0) is 25.7.